The van der Waals surface area contributed by atoms with Crippen molar-refractivity contribution in [3.63, 3.8) is 0 Å². The third kappa shape index (κ3) is 4.12. The SMILES string of the molecule is O=C(O)c1cc(F)c2nc(N3[C@@H]4CC[C@H]3C[C@@H](OC(=O)c3c(-c5c(F)cccc5F)noc3C3CC3)C4)sc2c1. The van der Waals surface area contributed by atoms with Crippen LogP contribution in [0.5, 0.6) is 0 Å². The molecule has 0 spiro atoms. The van der Waals surface area contributed by atoms with Gasteiger partial charge in [0.05, 0.1) is 15.8 Å². The van der Waals surface area contributed by atoms with Gasteiger partial charge in [0, 0.05) is 30.8 Å². The number of carbonyl (C=O) groups is 2. The fraction of sp³-hybridized carbons (Fsp3) is 0.357. The molecule has 1 N–H and O–H groups in total. The van der Waals surface area contributed by atoms with E-state index in [2.05, 4.69) is 15.0 Å². The highest BCUT2D eigenvalue weighted by molar-refractivity contribution is 7.22. The van der Waals surface area contributed by atoms with Crippen LogP contribution in [-0.2, 0) is 4.74 Å². The van der Waals surface area contributed by atoms with Gasteiger partial charge >= 0.3 is 11.9 Å². The molecule has 40 heavy (non-hydrogen) atoms. The zero-order chi connectivity index (χ0) is 27.7. The van der Waals surface area contributed by atoms with E-state index in [0.29, 0.717) is 28.4 Å². The fourth-order valence-electron chi connectivity index (χ4n) is 5.98. The lowest BCUT2D eigenvalue weighted by atomic mass is 9.99. The number of rotatable bonds is 6. The van der Waals surface area contributed by atoms with E-state index in [0.717, 1.165) is 43.9 Å². The highest BCUT2D eigenvalue weighted by atomic mass is 32.1. The van der Waals surface area contributed by atoms with E-state index >= 15 is 0 Å². The first-order valence-electron chi connectivity index (χ1n) is 13.0. The van der Waals surface area contributed by atoms with E-state index in [1.165, 1.54) is 23.5 Å². The van der Waals surface area contributed by atoms with Gasteiger partial charge in [-0.05, 0) is 49.9 Å². The van der Waals surface area contributed by atoms with E-state index in [4.69, 9.17) is 9.26 Å². The number of hydrogen-bond acceptors (Lipinski definition) is 8. The minimum Gasteiger partial charge on any atom is -0.478 e. The highest BCUT2D eigenvalue weighted by Crippen LogP contribution is 2.46. The summed E-state index contributed by atoms with van der Waals surface area (Å²) in [5.74, 6) is -4.06. The third-order valence-corrected chi connectivity index (χ3v) is 8.95. The second-order valence-electron chi connectivity index (χ2n) is 10.5. The van der Waals surface area contributed by atoms with Crippen molar-refractivity contribution in [1.82, 2.24) is 10.1 Å². The first-order chi connectivity index (χ1) is 19.3. The van der Waals surface area contributed by atoms with Crippen LogP contribution in [0, 0.1) is 17.5 Å². The number of carboxylic acids is 1. The summed E-state index contributed by atoms with van der Waals surface area (Å²) in [6.07, 6.45) is 3.75. The molecular weight excluding hydrogens is 547 g/mol. The van der Waals surface area contributed by atoms with Gasteiger partial charge in [-0.1, -0.05) is 22.6 Å². The van der Waals surface area contributed by atoms with Crippen molar-refractivity contribution < 1.29 is 37.1 Å². The van der Waals surface area contributed by atoms with Gasteiger partial charge in [-0.15, -0.1) is 0 Å². The van der Waals surface area contributed by atoms with E-state index < -0.39 is 41.1 Å². The molecule has 7 rings (SSSR count). The maximum Gasteiger partial charge on any atom is 0.344 e. The van der Waals surface area contributed by atoms with Crippen LogP contribution < -0.4 is 4.90 Å². The monoisotopic (exact) mass is 569 g/mol. The number of esters is 1. The molecular formula is C28H22F3N3O5S. The standard InChI is InChI=1S/C28H22F3N3O5S/c29-17-2-1-3-18(30)21(17)24-22(25(39-33-24)12-4-5-12)27(37)38-16-10-14-6-7-15(11-16)34(14)28-32-23-19(31)8-13(26(35)36)9-20(23)40-28/h1-3,8-9,12,14-16H,4-7,10-11H2,(H,35,36)/t14-,15+,16+. The molecule has 1 saturated carbocycles. The van der Waals surface area contributed by atoms with Crippen molar-refractivity contribution in [3.05, 3.63) is 64.7 Å². The zero-order valence-corrected chi connectivity index (χ0v) is 21.7. The molecule has 3 fully saturated rings. The van der Waals surface area contributed by atoms with E-state index in [1.54, 1.807) is 0 Å². The Balaban J connectivity index is 1.14. The number of fused-ring (bicyclic) bond motifs is 3. The Labute approximate surface area is 229 Å². The van der Waals surface area contributed by atoms with E-state index in [1.807, 2.05) is 0 Å². The molecule has 2 aliphatic heterocycles. The van der Waals surface area contributed by atoms with Crippen molar-refractivity contribution >= 4 is 38.6 Å². The Hall–Kier alpha value is -3.93. The number of thiazole rings is 1. The van der Waals surface area contributed by atoms with Gasteiger partial charge in [-0.3, -0.25) is 0 Å². The lowest BCUT2D eigenvalue weighted by Gasteiger charge is -2.38. The van der Waals surface area contributed by atoms with Crippen LogP contribution in [-0.4, -0.2) is 45.4 Å². The number of aromatic nitrogens is 2. The zero-order valence-electron chi connectivity index (χ0n) is 20.9. The van der Waals surface area contributed by atoms with E-state index in [9.17, 15) is 27.9 Å². The van der Waals surface area contributed by atoms with Gasteiger partial charge in [0.15, 0.2) is 16.7 Å². The fourth-order valence-corrected chi connectivity index (χ4v) is 7.14. The number of anilines is 1. The van der Waals surface area contributed by atoms with Gasteiger partial charge in [-0.25, -0.2) is 27.7 Å². The predicted octanol–water partition coefficient (Wildman–Crippen LogP) is 6.30. The van der Waals surface area contributed by atoms with E-state index in [-0.39, 0.29) is 40.3 Å². The Morgan fingerprint density at radius 1 is 1.02 bits per heavy atom. The molecule has 1 aliphatic carbocycles. The van der Waals surface area contributed by atoms with Crippen LogP contribution >= 0.6 is 11.3 Å². The van der Waals surface area contributed by atoms with Gasteiger partial charge in [0.2, 0.25) is 0 Å². The first kappa shape index (κ1) is 25.1. The van der Waals surface area contributed by atoms with Crippen LogP contribution in [0.1, 0.15) is 70.9 Å². The van der Waals surface area contributed by atoms with Crippen LogP contribution in [0.2, 0.25) is 0 Å². The van der Waals surface area contributed by atoms with Crippen LogP contribution in [0.15, 0.2) is 34.9 Å². The first-order valence-corrected chi connectivity index (χ1v) is 13.9. The molecule has 2 saturated heterocycles. The Bertz CT molecular complexity index is 1650. The van der Waals surface area contributed by atoms with Gasteiger partial charge in [0.25, 0.3) is 0 Å². The van der Waals surface area contributed by atoms with Crippen LogP contribution in [0.4, 0.5) is 18.3 Å². The minimum atomic E-state index is -1.21. The summed E-state index contributed by atoms with van der Waals surface area (Å²) >= 11 is 1.24. The van der Waals surface area contributed by atoms with Crippen LogP contribution in [0.3, 0.4) is 0 Å². The quantitative estimate of drug-likeness (QED) is 0.270. The molecule has 12 heteroatoms. The second kappa shape index (κ2) is 9.33. The highest BCUT2D eigenvalue weighted by Gasteiger charge is 2.45. The molecule has 206 valence electrons. The largest absolute Gasteiger partial charge is 0.478 e. The predicted molar refractivity (Wildman–Crippen MR) is 138 cm³/mol. The summed E-state index contributed by atoms with van der Waals surface area (Å²) in [5, 5.41) is 13.7. The number of benzene rings is 2. The van der Waals surface area contributed by atoms with Crippen LogP contribution in [0.25, 0.3) is 21.5 Å². The van der Waals surface area contributed by atoms with Crippen molar-refractivity contribution in [2.75, 3.05) is 4.90 Å². The minimum absolute atomic E-state index is 0.0204. The number of nitrogens with zero attached hydrogens (tertiary/aromatic N) is 3. The smallest absolute Gasteiger partial charge is 0.344 e. The normalized spacial score (nSPS) is 22.2. The summed E-state index contributed by atoms with van der Waals surface area (Å²) in [6.45, 7) is 0. The number of carbonyl (C=O) groups excluding carboxylic acids is 1. The Morgan fingerprint density at radius 3 is 2.38 bits per heavy atom. The molecule has 3 atom stereocenters. The molecule has 2 aromatic carbocycles. The average molecular weight is 570 g/mol. The summed E-state index contributed by atoms with van der Waals surface area (Å²) in [7, 11) is 0. The molecule has 8 nitrogen and oxygen atoms in total. The van der Waals surface area contributed by atoms with Crippen molar-refractivity contribution in [2.24, 2.45) is 0 Å². The number of carboxylic acid groups (broad SMARTS) is 1. The van der Waals surface area contributed by atoms with Crippen molar-refractivity contribution in [2.45, 2.75) is 62.6 Å². The van der Waals surface area contributed by atoms with Crippen molar-refractivity contribution in [3.8, 4) is 11.3 Å². The Kier molecular flexibility index (Phi) is 5.84. The number of ether oxygens (including phenoxy) is 1. The summed E-state index contributed by atoms with van der Waals surface area (Å²) in [5.41, 5.74) is -0.653. The molecule has 2 bridgehead atoms. The third-order valence-electron chi connectivity index (χ3n) is 7.94. The average Bonchev–Trinajstić information content (AvgIpc) is 3.41. The molecule has 0 radical (unpaired) electrons. The number of hydrogen-bond donors (Lipinski definition) is 1. The second-order valence-corrected chi connectivity index (χ2v) is 11.5. The van der Waals surface area contributed by atoms with Gasteiger partial charge < -0.3 is 19.3 Å². The van der Waals surface area contributed by atoms with Gasteiger partial charge in [0.1, 0.15) is 34.5 Å². The lowest BCUT2D eigenvalue weighted by Crippen LogP contribution is -2.46. The summed E-state index contributed by atoms with van der Waals surface area (Å²) < 4.78 is 55.6. The molecule has 2 aromatic heterocycles. The molecule has 3 aliphatic rings. The summed E-state index contributed by atoms with van der Waals surface area (Å²) in [6, 6.07) is 5.79. The lowest BCUT2D eigenvalue weighted by molar-refractivity contribution is 0.0202. The number of piperidine rings is 1. The maximum absolute atomic E-state index is 14.6. The molecule has 0 amide bonds. The van der Waals surface area contributed by atoms with Crippen molar-refractivity contribution in [1.29, 1.82) is 0 Å². The van der Waals surface area contributed by atoms with Gasteiger partial charge in [-0.2, -0.15) is 0 Å². The summed E-state index contributed by atoms with van der Waals surface area (Å²) in [4.78, 5) is 31.4. The Morgan fingerprint density at radius 2 is 1.73 bits per heavy atom. The molecule has 4 heterocycles. The number of halogens is 3. The topological polar surface area (TPSA) is 106 Å². The molecule has 4 aromatic rings. The number of aromatic carboxylic acids is 1. The molecule has 0 unspecified atom stereocenters. The maximum atomic E-state index is 14.6.